The molecule has 0 bridgehead atoms. The molecule has 0 radical (unpaired) electrons. The first-order valence-electron chi connectivity index (χ1n) is 3.59. The van der Waals surface area contributed by atoms with E-state index in [1.165, 1.54) is 12.1 Å². The fourth-order valence-electron chi connectivity index (χ4n) is 0.813. The summed E-state index contributed by atoms with van der Waals surface area (Å²) in [6, 6.07) is 3.27. The molecule has 0 heterocycles. The Bertz CT molecular complexity index is 326. The smallest absolute Gasteiger partial charge is 0.424 e. The monoisotopic (exact) mass is 184 g/mol. The summed E-state index contributed by atoms with van der Waals surface area (Å²) < 4.78 is 25.0. The minimum absolute atomic E-state index is 0.368. The van der Waals surface area contributed by atoms with Crippen molar-refractivity contribution in [3.63, 3.8) is 0 Å². The van der Waals surface area contributed by atoms with Crippen LogP contribution in [0.3, 0.4) is 0 Å². The molecule has 2 nitrogen and oxygen atoms in total. The molecule has 5 heteroatoms. The van der Waals surface area contributed by atoms with Crippen molar-refractivity contribution in [2.45, 2.75) is 0 Å². The molecule has 0 unspecified atom stereocenters. The molecular weight excluding hydrogens is 177 g/mol. The lowest BCUT2D eigenvalue weighted by Gasteiger charge is -1.95. The number of halogens is 2. The standard InChI is InChI=1S/C8H7BF2O2/c10-7-2-1-6(5-8(7)11)3-4-9(12)13/h1-5,12-13H/b4-3+. The van der Waals surface area contributed by atoms with Gasteiger partial charge in [0.25, 0.3) is 0 Å². The van der Waals surface area contributed by atoms with Crippen LogP contribution in [0.1, 0.15) is 5.56 Å². The van der Waals surface area contributed by atoms with Gasteiger partial charge in [0, 0.05) is 0 Å². The van der Waals surface area contributed by atoms with E-state index in [-0.39, 0.29) is 0 Å². The largest absolute Gasteiger partial charge is 0.480 e. The molecule has 0 aromatic heterocycles. The molecule has 13 heavy (non-hydrogen) atoms. The van der Waals surface area contributed by atoms with Crippen molar-refractivity contribution in [3.8, 4) is 0 Å². The summed E-state index contributed by atoms with van der Waals surface area (Å²) in [6.45, 7) is 0. The Kier molecular flexibility index (Phi) is 3.16. The van der Waals surface area contributed by atoms with Gasteiger partial charge in [0.05, 0.1) is 0 Å². The van der Waals surface area contributed by atoms with Gasteiger partial charge in [0.15, 0.2) is 11.6 Å². The van der Waals surface area contributed by atoms with E-state index in [1.54, 1.807) is 0 Å². The van der Waals surface area contributed by atoms with Gasteiger partial charge in [-0.05, 0) is 17.7 Å². The predicted molar refractivity (Wildman–Crippen MR) is 45.6 cm³/mol. The molecule has 0 atom stereocenters. The topological polar surface area (TPSA) is 40.5 Å². The molecule has 0 aliphatic carbocycles. The maximum absolute atomic E-state index is 12.6. The van der Waals surface area contributed by atoms with E-state index < -0.39 is 18.8 Å². The summed E-state index contributed by atoms with van der Waals surface area (Å²) >= 11 is 0. The fraction of sp³-hybridized carbons (Fsp3) is 0. The van der Waals surface area contributed by atoms with E-state index in [9.17, 15) is 8.78 Å². The third-order valence-corrected chi connectivity index (χ3v) is 1.40. The highest BCUT2D eigenvalue weighted by molar-refractivity contribution is 6.48. The average molecular weight is 184 g/mol. The molecule has 1 aromatic carbocycles. The van der Waals surface area contributed by atoms with Gasteiger partial charge in [-0.3, -0.25) is 0 Å². The van der Waals surface area contributed by atoms with Crippen LogP contribution in [0.2, 0.25) is 0 Å². The van der Waals surface area contributed by atoms with Crippen molar-refractivity contribution in [2.75, 3.05) is 0 Å². The van der Waals surface area contributed by atoms with Crippen LogP contribution in [0.25, 0.3) is 6.08 Å². The summed E-state index contributed by atoms with van der Waals surface area (Å²) in [6.07, 6.45) is 1.28. The minimum atomic E-state index is -1.59. The minimum Gasteiger partial charge on any atom is -0.424 e. The van der Waals surface area contributed by atoms with Crippen molar-refractivity contribution in [1.29, 1.82) is 0 Å². The maximum atomic E-state index is 12.6. The van der Waals surface area contributed by atoms with Crippen LogP contribution >= 0.6 is 0 Å². The zero-order valence-electron chi connectivity index (χ0n) is 6.61. The Hall–Kier alpha value is -1.20. The molecule has 0 saturated carbocycles. The third kappa shape index (κ3) is 2.97. The van der Waals surface area contributed by atoms with E-state index in [2.05, 4.69) is 0 Å². The number of rotatable bonds is 2. The first-order chi connectivity index (χ1) is 6.09. The second-order valence-corrected chi connectivity index (χ2v) is 2.45. The van der Waals surface area contributed by atoms with E-state index in [0.29, 0.717) is 5.56 Å². The average Bonchev–Trinajstić information content (AvgIpc) is 2.07. The zero-order valence-corrected chi connectivity index (χ0v) is 6.61. The van der Waals surface area contributed by atoms with Gasteiger partial charge in [0.2, 0.25) is 0 Å². The number of benzene rings is 1. The Morgan fingerprint density at radius 3 is 2.38 bits per heavy atom. The first kappa shape index (κ1) is 9.89. The first-order valence-corrected chi connectivity index (χ1v) is 3.59. The predicted octanol–water partition coefficient (Wildman–Crippen LogP) is 0.990. The Morgan fingerprint density at radius 1 is 1.15 bits per heavy atom. The van der Waals surface area contributed by atoms with Gasteiger partial charge >= 0.3 is 7.12 Å². The van der Waals surface area contributed by atoms with Crippen molar-refractivity contribution in [2.24, 2.45) is 0 Å². The summed E-state index contributed by atoms with van der Waals surface area (Å²) in [5.41, 5.74) is 0.368. The summed E-state index contributed by atoms with van der Waals surface area (Å²) in [5.74, 6) is -0.844. The lowest BCUT2D eigenvalue weighted by atomic mass is 9.91. The van der Waals surface area contributed by atoms with Crippen LogP contribution < -0.4 is 0 Å². The van der Waals surface area contributed by atoms with E-state index in [0.717, 1.165) is 18.1 Å². The van der Waals surface area contributed by atoms with Gasteiger partial charge in [-0.25, -0.2) is 8.78 Å². The Morgan fingerprint density at radius 2 is 1.85 bits per heavy atom. The van der Waals surface area contributed by atoms with Crippen LogP contribution in [0.5, 0.6) is 0 Å². The van der Waals surface area contributed by atoms with Gasteiger partial charge < -0.3 is 10.0 Å². The molecule has 68 valence electrons. The molecule has 1 aromatic rings. The van der Waals surface area contributed by atoms with Crippen molar-refractivity contribution >= 4 is 13.2 Å². The molecule has 0 saturated heterocycles. The van der Waals surface area contributed by atoms with Crippen LogP contribution in [-0.4, -0.2) is 17.2 Å². The van der Waals surface area contributed by atoms with Gasteiger partial charge in [0.1, 0.15) is 0 Å². The maximum Gasteiger partial charge on any atom is 0.480 e. The lowest BCUT2D eigenvalue weighted by molar-refractivity contribution is 0.424. The summed E-state index contributed by atoms with van der Waals surface area (Å²) in [7, 11) is -1.59. The van der Waals surface area contributed by atoms with Crippen LogP contribution in [-0.2, 0) is 0 Å². The van der Waals surface area contributed by atoms with Crippen molar-refractivity contribution < 1.29 is 18.8 Å². The Labute approximate surface area is 74.3 Å². The number of hydrogen-bond donors (Lipinski definition) is 2. The van der Waals surface area contributed by atoms with Crippen molar-refractivity contribution in [3.05, 3.63) is 41.4 Å². The van der Waals surface area contributed by atoms with Gasteiger partial charge in [-0.15, -0.1) is 0 Å². The molecular formula is C8H7BF2O2. The zero-order chi connectivity index (χ0) is 9.84. The van der Waals surface area contributed by atoms with Gasteiger partial charge in [-0.2, -0.15) is 0 Å². The van der Waals surface area contributed by atoms with E-state index in [4.69, 9.17) is 10.0 Å². The molecule has 0 fully saturated rings. The SMILES string of the molecule is OB(O)/C=C/c1ccc(F)c(F)c1. The molecule has 2 N–H and O–H groups in total. The van der Waals surface area contributed by atoms with E-state index in [1.807, 2.05) is 0 Å². The highest BCUT2D eigenvalue weighted by Crippen LogP contribution is 2.09. The molecule has 0 aliphatic heterocycles. The van der Waals surface area contributed by atoms with E-state index >= 15 is 0 Å². The molecule has 0 spiro atoms. The van der Waals surface area contributed by atoms with Crippen molar-refractivity contribution in [1.82, 2.24) is 0 Å². The number of hydrogen-bond acceptors (Lipinski definition) is 2. The quantitative estimate of drug-likeness (QED) is 0.672. The highest BCUT2D eigenvalue weighted by Gasteiger charge is 2.02. The van der Waals surface area contributed by atoms with Crippen LogP contribution in [0, 0.1) is 11.6 Å². The molecule has 1 rings (SSSR count). The summed E-state index contributed by atoms with van der Waals surface area (Å²) in [4.78, 5) is 0. The normalized spacial score (nSPS) is 10.8. The second kappa shape index (κ2) is 4.16. The van der Waals surface area contributed by atoms with Crippen LogP contribution in [0.4, 0.5) is 8.78 Å². The Balaban J connectivity index is 2.85. The van der Waals surface area contributed by atoms with Crippen LogP contribution in [0.15, 0.2) is 24.2 Å². The molecule has 0 amide bonds. The molecule has 0 aliphatic rings. The van der Waals surface area contributed by atoms with Gasteiger partial charge in [-0.1, -0.05) is 18.1 Å². The second-order valence-electron chi connectivity index (χ2n) is 2.45. The lowest BCUT2D eigenvalue weighted by Crippen LogP contribution is -2.05. The third-order valence-electron chi connectivity index (χ3n) is 1.40. The fourth-order valence-corrected chi connectivity index (χ4v) is 0.813. The summed E-state index contributed by atoms with van der Waals surface area (Å²) in [5, 5.41) is 16.9. The highest BCUT2D eigenvalue weighted by atomic mass is 19.2.